The lowest BCUT2D eigenvalue weighted by atomic mass is 10.1. The van der Waals surface area contributed by atoms with Crippen molar-refractivity contribution < 1.29 is 14.3 Å². The summed E-state index contributed by atoms with van der Waals surface area (Å²) in [4.78, 5) is 16.2. The molecule has 6 heteroatoms. The maximum Gasteiger partial charge on any atom is 0.284 e. The molecule has 5 nitrogen and oxygen atoms in total. The lowest BCUT2D eigenvalue weighted by molar-refractivity contribution is 0.102. The number of nitrogens with zero attached hydrogens (tertiary/aromatic N) is 1. The zero-order valence-corrected chi connectivity index (χ0v) is 14.4. The molecule has 0 bridgehead atoms. The molecule has 4 rings (SSSR count). The lowest BCUT2D eigenvalue weighted by Crippen LogP contribution is -2.12. The molecule has 1 aliphatic heterocycles. The molecule has 1 aromatic heterocycles. The van der Waals surface area contributed by atoms with Crippen LogP contribution in [0.25, 0.3) is 10.8 Å². The number of amides is 1. The number of aromatic nitrogens is 1. The number of fused-ring (bicyclic) bond motifs is 1. The van der Waals surface area contributed by atoms with E-state index in [1.807, 2.05) is 36.4 Å². The molecule has 1 fully saturated rings. The lowest BCUT2D eigenvalue weighted by Gasteiger charge is -2.13. The minimum atomic E-state index is -0.192. The van der Waals surface area contributed by atoms with Gasteiger partial charge < -0.3 is 14.8 Å². The van der Waals surface area contributed by atoms with Crippen LogP contribution in [0, 0.1) is 5.92 Å². The number of ether oxygens (including phenoxy) is 2. The highest BCUT2D eigenvalue weighted by atomic mass is 32.1. The van der Waals surface area contributed by atoms with Crippen LogP contribution in [0.1, 0.15) is 16.2 Å². The third-order valence-electron chi connectivity index (χ3n) is 4.22. The maximum absolute atomic E-state index is 12.1. The molecule has 0 saturated carbocycles. The molecule has 1 N–H and O–H groups in total. The molecule has 1 aliphatic rings. The number of nitrogens with one attached hydrogen (secondary N) is 1. The zero-order valence-electron chi connectivity index (χ0n) is 13.6. The van der Waals surface area contributed by atoms with Crippen molar-refractivity contribution in [1.82, 2.24) is 4.98 Å². The number of carbonyl (C=O) groups is 1. The van der Waals surface area contributed by atoms with Crippen molar-refractivity contribution >= 4 is 33.7 Å². The van der Waals surface area contributed by atoms with Crippen LogP contribution in [0.2, 0.25) is 0 Å². The largest absolute Gasteiger partial charge is 0.493 e. The van der Waals surface area contributed by atoms with Gasteiger partial charge in [0.15, 0.2) is 5.01 Å². The predicted molar refractivity (Wildman–Crippen MR) is 98.4 cm³/mol. The Morgan fingerprint density at radius 3 is 3.12 bits per heavy atom. The Bertz CT molecular complexity index is 874. The van der Waals surface area contributed by atoms with Crippen LogP contribution >= 0.6 is 11.3 Å². The van der Waals surface area contributed by atoms with E-state index in [4.69, 9.17) is 9.47 Å². The molecule has 1 saturated heterocycles. The molecule has 2 aromatic carbocycles. The third kappa shape index (κ3) is 3.65. The van der Waals surface area contributed by atoms with Crippen LogP contribution < -0.4 is 10.1 Å². The highest BCUT2D eigenvalue weighted by Gasteiger charge is 2.17. The number of anilines is 1. The van der Waals surface area contributed by atoms with E-state index in [-0.39, 0.29) is 5.91 Å². The van der Waals surface area contributed by atoms with Crippen LogP contribution in [0.15, 0.2) is 48.0 Å². The molecule has 0 spiro atoms. The summed E-state index contributed by atoms with van der Waals surface area (Å²) >= 11 is 1.32. The van der Waals surface area contributed by atoms with Gasteiger partial charge in [0, 0.05) is 35.2 Å². The summed E-state index contributed by atoms with van der Waals surface area (Å²) in [6.07, 6.45) is 2.68. The molecule has 0 aliphatic carbocycles. The van der Waals surface area contributed by atoms with Gasteiger partial charge >= 0.3 is 0 Å². The van der Waals surface area contributed by atoms with Crippen LogP contribution in [0.4, 0.5) is 5.69 Å². The van der Waals surface area contributed by atoms with E-state index in [1.165, 1.54) is 11.3 Å². The van der Waals surface area contributed by atoms with Crippen molar-refractivity contribution in [2.45, 2.75) is 6.42 Å². The molecule has 128 valence electrons. The summed E-state index contributed by atoms with van der Waals surface area (Å²) in [7, 11) is 0. The fraction of sp³-hybridized carbons (Fsp3) is 0.263. The maximum atomic E-state index is 12.1. The van der Waals surface area contributed by atoms with Gasteiger partial charge in [-0.05, 0) is 36.1 Å². The minimum absolute atomic E-state index is 0.192. The Morgan fingerprint density at radius 1 is 1.36 bits per heavy atom. The van der Waals surface area contributed by atoms with Crippen LogP contribution in [0.5, 0.6) is 5.75 Å². The SMILES string of the molecule is O=C(Nc1ccc2c(OCC3CCOC3)cccc2c1)c1nccs1. The standard InChI is InChI=1S/C19H18N2O3S/c22-18(19-20-7-9-25-19)21-15-4-5-16-14(10-15)2-1-3-17(16)24-12-13-6-8-23-11-13/h1-5,7,9-10,13H,6,8,11-12H2,(H,21,22). The average Bonchev–Trinajstić information content (AvgIpc) is 3.33. The summed E-state index contributed by atoms with van der Waals surface area (Å²) in [6, 6.07) is 11.8. The number of hydrogen-bond donors (Lipinski definition) is 1. The van der Waals surface area contributed by atoms with Gasteiger partial charge in [-0.2, -0.15) is 0 Å². The molecule has 3 aromatic rings. The van der Waals surface area contributed by atoms with E-state index < -0.39 is 0 Å². The van der Waals surface area contributed by atoms with Gasteiger partial charge in [0.25, 0.3) is 5.91 Å². The summed E-state index contributed by atoms with van der Waals surface area (Å²) in [6.45, 7) is 2.27. The fourth-order valence-corrected chi connectivity index (χ4v) is 3.43. The molecular formula is C19H18N2O3S. The Hall–Kier alpha value is -2.44. The normalized spacial score (nSPS) is 16.9. The monoisotopic (exact) mass is 354 g/mol. The van der Waals surface area contributed by atoms with Crippen molar-refractivity contribution in [2.75, 3.05) is 25.1 Å². The summed E-state index contributed by atoms with van der Waals surface area (Å²) in [5.74, 6) is 1.14. The number of thiazole rings is 1. The fourth-order valence-electron chi connectivity index (χ4n) is 2.90. The van der Waals surface area contributed by atoms with Crippen molar-refractivity contribution in [2.24, 2.45) is 5.92 Å². The molecule has 1 atom stereocenters. The first-order valence-electron chi connectivity index (χ1n) is 8.24. The van der Waals surface area contributed by atoms with Gasteiger partial charge in [0.1, 0.15) is 5.75 Å². The predicted octanol–water partition coefficient (Wildman–Crippen LogP) is 3.96. The first-order valence-corrected chi connectivity index (χ1v) is 9.12. The third-order valence-corrected chi connectivity index (χ3v) is 5.00. The second kappa shape index (κ2) is 7.21. The van der Waals surface area contributed by atoms with Gasteiger partial charge in [0.2, 0.25) is 0 Å². The highest BCUT2D eigenvalue weighted by molar-refractivity contribution is 7.11. The van der Waals surface area contributed by atoms with Crippen LogP contribution in [-0.2, 0) is 4.74 Å². The van der Waals surface area contributed by atoms with Crippen molar-refractivity contribution in [3.8, 4) is 5.75 Å². The van der Waals surface area contributed by atoms with Crippen LogP contribution in [0.3, 0.4) is 0 Å². The molecular weight excluding hydrogens is 336 g/mol. The summed E-state index contributed by atoms with van der Waals surface area (Å²) in [5, 5.41) is 7.19. The first-order chi connectivity index (χ1) is 12.3. The smallest absolute Gasteiger partial charge is 0.284 e. The quantitative estimate of drug-likeness (QED) is 0.753. The second-order valence-corrected chi connectivity index (χ2v) is 6.92. The Morgan fingerprint density at radius 2 is 2.32 bits per heavy atom. The van der Waals surface area contributed by atoms with Gasteiger partial charge in [-0.1, -0.05) is 12.1 Å². The second-order valence-electron chi connectivity index (χ2n) is 6.02. The molecule has 1 amide bonds. The molecule has 1 unspecified atom stereocenters. The van der Waals surface area contributed by atoms with Crippen molar-refractivity contribution in [3.63, 3.8) is 0 Å². The van der Waals surface area contributed by atoms with Gasteiger partial charge in [-0.15, -0.1) is 11.3 Å². The van der Waals surface area contributed by atoms with Crippen molar-refractivity contribution in [1.29, 1.82) is 0 Å². The van der Waals surface area contributed by atoms with E-state index >= 15 is 0 Å². The Labute approximate surface area is 149 Å². The summed E-state index contributed by atoms with van der Waals surface area (Å²) in [5.41, 5.74) is 0.744. The number of rotatable bonds is 5. The number of carbonyl (C=O) groups excluding carboxylic acids is 1. The number of hydrogen-bond acceptors (Lipinski definition) is 5. The van der Waals surface area contributed by atoms with Gasteiger partial charge in [-0.3, -0.25) is 4.79 Å². The first kappa shape index (κ1) is 16.1. The van der Waals surface area contributed by atoms with E-state index in [9.17, 15) is 4.79 Å². The van der Waals surface area contributed by atoms with E-state index in [0.29, 0.717) is 17.5 Å². The average molecular weight is 354 g/mol. The highest BCUT2D eigenvalue weighted by Crippen LogP contribution is 2.29. The molecule has 25 heavy (non-hydrogen) atoms. The van der Waals surface area contributed by atoms with Crippen LogP contribution in [-0.4, -0.2) is 30.7 Å². The Balaban J connectivity index is 1.51. The molecule has 2 heterocycles. The van der Waals surface area contributed by atoms with Gasteiger partial charge in [0.05, 0.1) is 13.2 Å². The summed E-state index contributed by atoms with van der Waals surface area (Å²) < 4.78 is 11.4. The topological polar surface area (TPSA) is 60.5 Å². The van der Waals surface area contributed by atoms with Gasteiger partial charge in [-0.25, -0.2) is 4.98 Å². The Kier molecular flexibility index (Phi) is 4.63. The number of benzene rings is 2. The zero-order chi connectivity index (χ0) is 17.1. The van der Waals surface area contributed by atoms with E-state index in [2.05, 4.69) is 10.3 Å². The van der Waals surface area contributed by atoms with Crippen molar-refractivity contribution in [3.05, 3.63) is 53.0 Å². The van der Waals surface area contributed by atoms with E-state index in [0.717, 1.165) is 41.8 Å². The minimum Gasteiger partial charge on any atom is -0.493 e. The molecule has 0 radical (unpaired) electrons. The van der Waals surface area contributed by atoms with E-state index in [1.54, 1.807) is 11.6 Å².